The first-order chi connectivity index (χ1) is 12.7. The zero-order valence-corrected chi connectivity index (χ0v) is 14.6. The number of amides is 1. The third-order valence-corrected chi connectivity index (χ3v) is 4.02. The molecular formula is C19H21N3O4. The molecule has 1 aliphatic rings. The number of esters is 1. The van der Waals surface area contributed by atoms with Gasteiger partial charge in [0.25, 0.3) is 5.91 Å². The van der Waals surface area contributed by atoms with Gasteiger partial charge >= 0.3 is 5.97 Å². The van der Waals surface area contributed by atoms with Crippen molar-refractivity contribution >= 4 is 23.3 Å². The number of benzene rings is 1. The van der Waals surface area contributed by atoms with E-state index in [1.165, 1.54) is 6.20 Å². The third kappa shape index (κ3) is 4.37. The Morgan fingerprint density at radius 1 is 1.15 bits per heavy atom. The van der Waals surface area contributed by atoms with Crippen LogP contribution in [0.5, 0.6) is 0 Å². The Kier molecular flexibility index (Phi) is 5.80. The van der Waals surface area contributed by atoms with E-state index in [2.05, 4.69) is 15.2 Å². The molecule has 0 bridgehead atoms. The second kappa shape index (κ2) is 8.44. The minimum absolute atomic E-state index is 0.253. The number of carbonyl (C=O) groups excluding carboxylic acids is 2. The fraction of sp³-hybridized carbons (Fsp3) is 0.316. The van der Waals surface area contributed by atoms with E-state index in [9.17, 15) is 9.59 Å². The quantitative estimate of drug-likeness (QED) is 0.829. The maximum Gasteiger partial charge on any atom is 0.338 e. The van der Waals surface area contributed by atoms with Gasteiger partial charge in [0.1, 0.15) is 0 Å². The highest BCUT2D eigenvalue weighted by atomic mass is 16.5. The van der Waals surface area contributed by atoms with E-state index in [0.29, 0.717) is 36.6 Å². The lowest BCUT2D eigenvalue weighted by Gasteiger charge is -2.28. The summed E-state index contributed by atoms with van der Waals surface area (Å²) in [6.45, 7) is 4.98. The molecule has 1 aliphatic heterocycles. The van der Waals surface area contributed by atoms with Crippen LogP contribution in [-0.4, -0.2) is 49.8 Å². The minimum Gasteiger partial charge on any atom is -0.462 e. The summed E-state index contributed by atoms with van der Waals surface area (Å²) in [7, 11) is 0. The normalized spacial score (nSPS) is 14.0. The first-order valence-corrected chi connectivity index (χ1v) is 8.53. The third-order valence-electron chi connectivity index (χ3n) is 4.02. The van der Waals surface area contributed by atoms with Crippen LogP contribution >= 0.6 is 0 Å². The molecule has 0 unspecified atom stereocenters. The predicted molar refractivity (Wildman–Crippen MR) is 97.6 cm³/mol. The standard InChI is InChI=1S/C19H21N3O4/c1-2-26-19(24)14-3-5-16(6-4-14)21-18(23)15-11-17(13-20-12-15)22-7-9-25-10-8-22/h3-6,11-13H,2,7-10H2,1H3,(H,21,23). The van der Waals surface area contributed by atoms with Crippen molar-refractivity contribution in [2.24, 2.45) is 0 Å². The van der Waals surface area contributed by atoms with Gasteiger partial charge in [-0.25, -0.2) is 4.79 Å². The highest BCUT2D eigenvalue weighted by Crippen LogP contribution is 2.18. The van der Waals surface area contributed by atoms with Crippen LogP contribution in [0.1, 0.15) is 27.6 Å². The molecule has 0 aliphatic carbocycles. The van der Waals surface area contributed by atoms with E-state index < -0.39 is 0 Å². The van der Waals surface area contributed by atoms with E-state index in [4.69, 9.17) is 9.47 Å². The van der Waals surface area contributed by atoms with Crippen LogP contribution in [0.15, 0.2) is 42.7 Å². The molecular weight excluding hydrogens is 334 g/mol. The first-order valence-electron chi connectivity index (χ1n) is 8.53. The molecule has 26 heavy (non-hydrogen) atoms. The fourth-order valence-corrected chi connectivity index (χ4v) is 2.65. The Balaban J connectivity index is 1.67. The summed E-state index contributed by atoms with van der Waals surface area (Å²) in [5.74, 6) is -0.635. The van der Waals surface area contributed by atoms with Gasteiger partial charge in [0.05, 0.1) is 42.8 Å². The highest BCUT2D eigenvalue weighted by Gasteiger charge is 2.14. The number of anilines is 2. The Morgan fingerprint density at radius 3 is 2.58 bits per heavy atom. The second-order valence-electron chi connectivity index (χ2n) is 5.78. The Morgan fingerprint density at radius 2 is 1.88 bits per heavy atom. The van der Waals surface area contributed by atoms with Crippen molar-refractivity contribution in [1.29, 1.82) is 0 Å². The number of pyridine rings is 1. The Hall–Kier alpha value is -2.93. The summed E-state index contributed by atoms with van der Waals surface area (Å²) in [5, 5.41) is 2.81. The highest BCUT2D eigenvalue weighted by molar-refractivity contribution is 6.04. The van der Waals surface area contributed by atoms with Crippen molar-refractivity contribution in [2.45, 2.75) is 6.92 Å². The summed E-state index contributed by atoms with van der Waals surface area (Å²) in [4.78, 5) is 30.5. The number of ether oxygens (including phenoxy) is 2. The number of nitrogens with one attached hydrogen (secondary N) is 1. The molecule has 2 aromatic rings. The number of carbonyl (C=O) groups is 2. The Labute approximate surface area is 151 Å². The molecule has 1 N–H and O–H groups in total. The van der Waals surface area contributed by atoms with Crippen molar-refractivity contribution in [3.05, 3.63) is 53.9 Å². The van der Waals surface area contributed by atoms with E-state index >= 15 is 0 Å². The smallest absolute Gasteiger partial charge is 0.338 e. The monoisotopic (exact) mass is 355 g/mol. The molecule has 1 saturated heterocycles. The van der Waals surface area contributed by atoms with Gasteiger partial charge in [0.2, 0.25) is 0 Å². The average Bonchev–Trinajstić information content (AvgIpc) is 2.69. The molecule has 7 heteroatoms. The number of nitrogens with zero attached hydrogens (tertiary/aromatic N) is 2. The van der Waals surface area contributed by atoms with Gasteiger partial charge in [-0.05, 0) is 37.3 Å². The molecule has 136 valence electrons. The van der Waals surface area contributed by atoms with Gasteiger partial charge < -0.3 is 19.7 Å². The van der Waals surface area contributed by atoms with Crippen molar-refractivity contribution in [3.8, 4) is 0 Å². The van der Waals surface area contributed by atoms with Gasteiger partial charge in [-0.15, -0.1) is 0 Å². The van der Waals surface area contributed by atoms with Crippen LogP contribution in [0.25, 0.3) is 0 Å². The lowest BCUT2D eigenvalue weighted by molar-refractivity contribution is 0.0526. The molecule has 0 atom stereocenters. The zero-order valence-electron chi connectivity index (χ0n) is 14.6. The molecule has 7 nitrogen and oxygen atoms in total. The van der Waals surface area contributed by atoms with Crippen LogP contribution in [0.2, 0.25) is 0 Å². The average molecular weight is 355 g/mol. The number of aromatic nitrogens is 1. The largest absolute Gasteiger partial charge is 0.462 e. The molecule has 0 radical (unpaired) electrons. The molecule has 1 amide bonds. The van der Waals surface area contributed by atoms with Crippen LogP contribution in [-0.2, 0) is 9.47 Å². The summed E-state index contributed by atoms with van der Waals surface area (Å²) in [6, 6.07) is 8.40. The molecule has 0 saturated carbocycles. The van der Waals surface area contributed by atoms with Gasteiger partial charge in [-0.1, -0.05) is 0 Å². The molecule has 1 aromatic carbocycles. The van der Waals surface area contributed by atoms with E-state index in [1.54, 1.807) is 37.4 Å². The lowest BCUT2D eigenvalue weighted by atomic mass is 10.2. The Bertz CT molecular complexity index is 771. The molecule has 1 fully saturated rings. The summed E-state index contributed by atoms with van der Waals surface area (Å²) in [5.41, 5.74) is 2.42. The van der Waals surface area contributed by atoms with Gasteiger partial charge in [-0.2, -0.15) is 0 Å². The second-order valence-corrected chi connectivity index (χ2v) is 5.78. The van der Waals surface area contributed by atoms with Crippen molar-refractivity contribution in [1.82, 2.24) is 4.98 Å². The van der Waals surface area contributed by atoms with Crippen LogP contribution in [0.4, 0.5) is 11.4 Å². The lowest BCUT2D eigenvalue weighted by Crippen LogP contribution is -2.36. The van der Waals surface area contributed by atoms with Crippen LogP contribution in [0.3, 0.4) is 0 Å². The molecule has 0 spiro atoms. The van der Waals surface area contributed by atoms with Crippen molar-refractivity contribution in [3.63, 3.8) is 0 Å². The van der Waals surface area contributed by atoms with Crippen LogP contribution < -0.4 is 10.2 Å². The minimum atomic E-state index is -0.382. The molecule has 1 aromatic heterocycles. The first kappa shape index (κ1) is 17.9. The number of morpholine rings is 1. The van der Waals surface area contributed by atoms with Crippen molar-refractivity contribution in [2.75, 3.05) is 43.1 Å². The van der Waals surface area contributed by atoms with Gasteiger partial charge in [0.15, 0.2) is 0 Å². The predicted octanol–water partition coefficient (Wildman–Crippen LogP) is 2.35. The SMILES string of the molecule is CCOC(=O)c1ccc(NC(=O)c2cncc(N3CCOCC3)c2)cc1. The number of hydrogen-bond donors (Lipinski definition) is 1. The zero-order chi connectivity index (χ0) is 18.4. The van der Waals surface area contributed by atoms with Gasteiger partial charge in [-0.3, -0.25) is 9.78 Å². The molecule has 3 rings (SSSR count). The van der Waals surface area contributed by atoms with E-state index in [0.717, 1.165) is 18.8 Å². The molecule has 2 heterocycles. The van der Waals surface area contributed by atoms with Crippen molar-refractivity contribution < 1.29 is 19.1 Å². The van der Waals surface area contributed by atoms with E-state index in [-0.39, 0.29) is 11.9 Å². The van der Waals surface area contributed by atoms with Gasteiger partial charge in [0, 0.05) is 25.0 Å². The van der Waals surface area contributed by atoms with E-state index in [1.807, 2.05) is 6.07 Å². The summed E-state index contributed by atoms with van der Waals surface area (Å²) >= 11 is 0. The maximum absolute atomic E-state index is 12.5. The number of rotatable bonds is 5. The number of hydrogen-bond acceptors (Lipinski definition) is 6. The maximum atomic E-state index is 12.5. The summed E-state index contributed by atoms with van der Waals surface area (Å²) in [6.07, 6.45) is 3.28. The van der Waals surface area contributed by atoms with Crippen LogP contribution in [0, 0.1) is 0 Å². The topological polar surface area (TPSA) is 80.8 Å². The summed E-state index contributed by atoms with van der Waals surface area (Å²) < 4.78 is 10.3. The fourth-order valence-electron chi connectivity index (χ4n) is 2.65.